The molecule has 3 rings (SSSR count). The first kappa shape index (κ1) is 11.0. The van der Waals surface area contributed by atoms with Crippen LogP contribution in [0.5, 0.6) is 0 Å². The van der Waals surface area contributed by atoms with Crippen LogP contribution in [0.4, 0.5) is 4.79 Å². The van der Waals surface area contributed by atoms with Gasteiger partial charge in [0.25, 0.3) is 0 Å². The zero-order valence-corrected chi connectivity index (χ0v) is 9.86. The van der Waals surface area contributed by atoms with Crippen LogP contribution in [0, 0.1) is 0 Å². The maximum atomic E-state index is 11.3. The Morgan fingerprint density at radius 2 is 2.33 bits per heavy atom. The highest BCUT2D eigenvalue weighted by molar-refractivity contribution is 5.67. The van der Waals surface area contributed by atoms with Crippen LogP contribution in [-0.2, 0) is 0 Å². The molecule has 0 bridgehead atoms. The Bertz CT molecular complexity index is 580. The molecule has 1 aliphatic heterocycles. The molecule has 0 aliphatic carbocycles. The van der Waals surface area contributed by atoms with Crippen molar-refractivity contribution in [3.8, 4) is 0 Å². The predicted molar refractivity (Wildman–Crippen MR) is 64.3 cm³/mol. The van der Waals surface area contributed by atoms with E-state index in [9.17, 15) is 9.90 Å². The van der Waals surface area contributed by atoms with Crippen LogP contribution in [0.1, 0.15) is 31.0 Å². The Morgan fingerprint density at radius 1 is 1.44 bits per heavy atom. The lowest BCUT2D eigenvalue weighted by Crippen LogP contribution is -2.37. The zero-order valence-electron chi connectivity index (χ0n) is 9.86. The molecule has 2 aromatic rings. The van der Waals surface area contributed by atoms with Crippen LogP contribution in [0.3, 0.4) is 0 Å². The van der Waals surface area contributed by atoms with E-state index < -0.39 is 6.09 Å². The first-order valence-corrected chi connectivity index (χ1v) is 6.03. The normalized spacial score (nSPS) is 20.2. The molecule has 1 aliphatic rings. The number of hydrogen-bond acceptors (Lipinski definition) is 3. The minimum absolute atomic E-state index is 0.148. The lowest BCUT2D eigenvalue weighted by molar-refractivity contribution is 0.106. The van der Waals surface area contributed by atoms with Gasteiger partial charge in [0.2, 0.25) is 0 Å². The van der Waals surface area contributed by atoms with E-state index in [4.69, 9.17) is 0 Å². The van der Waals surface area contributed by atoms with Crippen molar-refractivity contribution >= 4 is 11.6 Å². The van der Waals surface area contributed by atoms with Gasteiger partial charge in [-0.25, -0.2) is 9.78 Å². The van der Waals surface area contributed by atoms with E-state index in [0.717, 1.165) is 30.5 Å². The molecule has 94 valence electrons. The van der Waals surface area contributed by atoms with Crippen molar-refractivity contribution in [1.82, 2.24) is 19.3 Å². The smallest absolute Gasteiger partial charge is 0.407 e. The Morgan fingerprint density at radius 3 is 3.17 bits per heavy atom. The molecular weight excluding hydrogens is 232 g/mol. The van der Waals surface area contributed by atoms with Crippen LogP contribution in [0.25, 0.3) is 5.52 Å². The summed E-state index contributed by atoms with van der Waals surface area (Å²) >= 11 is 0. The maximum absolute atomic E-state index is 11.3. The molecular formula is C12H14N4O2. The quantitative estimate of drug-likeness (QED) is 0.834. The van der Waals surface area contributed by atoms with Crippen molar-refractivity contribution < 1.29 is 9.90 Å². The summed E-state index contributed by atoms with van der Waals surface area (Å²) in [4.78, 5) is 21.2. The third-order valence-corrected chi connectivity index (χ3v) is 3.44. The number of carboxylic acid groups (broad SMARTS) is 1. The van der Waals surface area contributed by atoms with Gasteiger partial charge in [0, 0.05) is 18.9 Å². The summed E-state index contributed by atoms with van der Waals surface area (Å²) in [7, 11) is 0. The number of imidazole rings is 1. The molecule has 0 spiro atoms. The highest BCUT2D eigenvalue weighted by atomic mass is 16.4. The van der Waals surface area contributed by atoms with Crippen LogP contribution >= 0.6 is 0 Å². The Kier molecular flexibility index (Phi) is 2.62. The van der Waals surface area contributed by atoms with Gasteiger partial charge in [0.05, 0.1) is 29.8 Å². The number of piperidine rings is 1. The van der Waals surface area contributed by atoms with E-state index in [0.29, 0.717) is 6.54 Å². The van der Waals surface area contributed by atoms with E-state index in [1.54, 1.807) is 18.7 Å². The van der Waals surface area contributed by atoms with Crippen LogP contribution in [-0.4, -0.2) is 37.0 Å². The van der Waals surface area contributed by atoms with Gasteiger partial charge < -0.3 is 9.51 Å². The first-order chi connectivity index (χ1) is 8.77. The average Bonchev–Trinajstić information content (AvgIpc) is 2.82. The van der Waals surface area contributed by atoms with Gasteiger partial charge in [0.15, 0.2) is 0 Å². The summed E-state index contributed by atoms with van der Waals surface area (Å²) in [5, 5.41) is 9.26. The van der Waals surface area contributed by atoms with E-state index in [2.05, 4.69) is 9.97 Å². The molecule has 0 radical (unpaired) electrons. The summed E-state index contributed by atoms with van der Waals surface area (Å²) < 4.78 is 1.87. The molecule has 1 fully saturated rings. The topological polar surface area (TPSA) is 70.7 Å². The first-order valence-electron chi connectivity index (χ1n) is 6.03. The molecule has 1 amide bonds. The lowest BCUT2D eigenvalue weighted by atomic mass is 9.99. The molecule has 6 nitrogen and oxygen atoms in total. The molecule has 1 unspecified atom stereocenters. The number of likely N-dealkylation sites (tertiary alicyclic amines) is 1. The highest BCUT2D eigenvalue weighted by Crippen LogP contribution is 2.31. The monoisotopic (exact) mass is 246 g/mol. The zero-order chi connectivity index (χ0) is 12.5. The third-order valence-electron chi connectivity index (χ3n) is 3.44. The number of nitrogens with zero attached hydrogens (tertiary/aromatic N) is 4. The number of carbonyl (C=O) groups is 1. The summed E-state index contributed by atoms with van der Waals surface area (Å²) in [6, 6.07) is -0.148. The van der Waals surface area contributed by atoms with Crippen molar-refractivity contribution in [3.63, 3.8) is 0 Å². The minimum Gasteiger partial charge on any atom is -0.465 e. The SMILES string of the molecule is O=C(O)N1CCCCC1c1ncn2ccncc12. The van der Waals surface area contributed by atoms with E-state index in [1.165, 1.54) is 4.90 Å². The largest absolute Gasteiger partial charge is 0.465 e. The number of fused-ring (bicyclic) bond motifs is 1. The number of amides is 1. The van der Waals surface area contributed by atoms with Crippen molar-refractivity contribution in [1.29, 1.82) is 0 Å². The Balaban J connectivity index is 2.04. The van der Waals surface area contributed by atoms with E-state index in [-0.39, 0.29) is 6.04 Å². The predicted octanol–water partition coefficient (Wildman–Crippen LogP) is 1.93. The van der Waals surface area contributed by atoms with Crippen LogP contribution < -0.4 is 0 Å². The van der Waals surface area contributed by atoms with Gasteiger partial charge in [-0.3, -0.25) is 9.88 Å². The molecule has 6 heteroatoms. The summed E-state index contributed by atoms with van der Waals surface area (Å²) in [5.74, 6) is 0. The summed E-state index contributed by atoms with van der Waals surface area (Å²) in [6.45, 7) is 0.583. The molecule has 0 saturated carbocycles. The van der Waals surface area contributed by atoms with Gasteiger partial charge in [-0.05, 0) is 19.3 Å². The third kappa shape index (κ3) is 1.70. The molecule has 1 atom stereocenters. The minimum atomic E-state index is -0.871. The molecule has 1 N–H and O–H groups in total. The van der Waals surface area contributed by atoms with Crippen molar-refractivity contribution in [2.24, 2.45) is 0 Å². The second-order valence-corrected chi connectivity index (χ2v) is 4.49. The van der Waals surface area contributed by atoms with E-state index >= 15 is 0 Å². The fourth-order valence-electron chi connectivity index (χ4n) is 2.56. The highest BCUT2D eigenvalue weighted by Gasteiger charge is 2.30. The maximum Gasteiger partial charge on any atom is 0.407 e. The second-order valence-electron chi connectivity index (χ2n) is 4.49. The average molecular weight is 246 g/mol. The van der Waals surface area contributed by atoms with Gasteiger partial charge >= 0.3 is 6.09 Å². The van der Waals surface area contributed by atoms with Crippen LogP contribution in [0.15, 0.2) is 24.9 Å². The van der Waals surface area contributed by atoms with Crippen molar-refractivity contribution in [3.05, 3.63) is 30.6 Å². The molecule has 3 heterocycles. The van der Waals surface area contributed by atoms with Gasteiger partial charge in [-0.15, -0.1) is 0 Å². The lowest BCUT2D eigenvalue weighted by Gasteiger charge is -2.32. The van der Waals surface area contributed by atoms with E-state index in [1.807, 2.05) is 10.6 Å². The number of aromatic nitrogens is 3. The van der Waals surface area contributed by atoms with Gasteiger partial charge in [-0.2, -0.15) is 0 Å². The fourth-order valence-corrected chi connectivity index (χ4v) is 2.56. The van der Waals surface area contributed by atoms with Crippen LogP contribution in [0.2, 0.25) is 0 Å². The standard InChI is InChI=1S/C12H14N4O2/c17-12(18)16-5-2-1-3-9(16)11-10-7-13-4-6-15(10)8-14-11/h4,6-9H,1-3,5H2,(H,17,18). The number of hydrogen-bond donors (Lipinski definition) is 1. The second kappa shape index (κ2) is 4.29. The fraction of sp³-hybridized carbons (Fsp3) is 0.417. The Hall–Kier alpha value is -2.11. The van der Waals surface area contributed by atoms with Crippen molar-refractivity contribution in [2.45, 2.75) is 25.3 Å². The Labute approximate surface area is 104 Å². The molecule has 1 saturated heterocycles. The van der Waals surface area contributed by atoms with Gasteiger partial charge in [-0.1, -0.05) is 0 Å². The summed E-state index contributed by atoms with van der Waals surface area (Å²) in [5.41, 5.74) is 1.70. The van der Waals surface area contributed by atoms with Gasteiger partial charge in [0.1, 0.15) is 0 Å². The molecule has 18 heavy (non-hydrogen) atoms. The molecule has 2 aromatic heterocycles. The summed E-state index contributed by atoms with van der Waals surface area (Å²) in [6.07, 6.45) is 8.87. The number of rotatable bonds is 1. The molecule has 0 aromatic carbocycles. The van der Waals surface area contributed by atoms with Crippen molar-refractivity contribution in [2.75, 3.05) is 6.54 Å².